The smallest absolute Gasteiger partial charge is 0.0982 e. The molecule has 0 amide bonds. The van der Waals surface area contributed by atoms with E-state index < -0.39 is 8.07 Å². The van der Waals surface area contributed by atoms with Crippen molar-refractivity contribution >= 4 is 35.9 Å². The number of hydrogen-bond donors (Lipinski definition) is 1. The minimum atomic E-state index is -1.25. The lowest BCUT2D eigenvalue weighted by molar-refractivity contribution is 1.50. The summed E-state index contributed by atoms with van der Waals surface area (Å²) in [7, 11) is -1.25. The van der Waals surface area contributed by atoms with E-state index >= 15 is 0 Å². The molecule has 1 heterocycles. The van der Waals surface area contributed by atoms with E-state index in [9.17, 15) is 0 Å². The molecule has 3 heteroatoms. The molecule has 0 fully saturated rings. The molecule has 0 unspecified atom stereocenters. The van der Waals surface area contributed by atoms with Gasteiger partial charge < -0.3 is 4.98 Å². The van der Waals surface area contributed by atoms with E-state index in [0.717, 1.165) is 15.9 Å². The Hall–Kier alpha value is -0.733. The van der Waals surface area contributed by atoms with Gasteiger partial charge in [0.15, 0.2) is 0 Å². The number of hydrogen-bond acceptors (Lipinski definition) is 0. The lowest BCUT2D eigenvalue weighted by Crippen LogP contribution is -2.38. The summed E-state index contributed by atoms with van der Waals surface area (Å²) < 4.78 is 0. The van der Waals surface area contributed by atoms with Gasteiger partial charge in [-0.3, -0.25) is 0 Å². The van der Waals surface area contributed by atoms with E-state index in [1.54, 1.807) is 0 Å². The van der Waals surface area contributed by atoms with Crippen molar-refractivity contribution in [3.8, 4) is 0 Å². The van der Waals surface area contributed by atoms with Crippen LogP contribution in [0.25, 0.3) is 10.9 Å². The zero-order valence-corrected chi connectivity index (χ0v) is 10.4. The molecule has 0 bridgehead atoms. The molecule has 0 aliphatic carbocycles. The number of benzene rings is 1. The average Bonchev–Trinajstić information content (AvgIpc) is 2.48. The monoisotopic (exact) mass is 223 g/mol. The summed E-state index contributed by atoms with van der Waals surface area (Å²) in [5, 5.41) is 3.34. The predicted molar refractivity (Wildman–Crippen MR) is 66.3 cm³/mol. The standard InChI is InChI=1S/C11H14ClNSi/c1-14(2,3)11-7-8-9(12)5-4-6-10(8)13-11/h4-7,13H,1-3H3. The maximum absolute atomic E-state index is 6.12. The van der Waals surface area contributed by atoms with Crippen LogP contribution in [0.2, 0.25) is 24.7 Å². The Kier molecular flexibility index (Phi) is 2.20. The summed E-state index contributed by atoms with van der Waals surface area (Å²) in [5.41, 5.74) is 1.15. The lowest BCUT2D eigenvalue weighted by atomic mass is 10.2. The Bertz CT molecular complexity index is 468. The molecule has 0 saturated carbocycles. The zero-order valence-electron chi connectivity index (χ0n) is 8.69. The molecular weight excluding hydrogens is 210 g/mol. The number of aromatic nitrogens is 1. The third-order valence-corrected chi connectivity index (χ3v) is 4.63. The van der Waals surface area contributed by atoms with E-state index in [1.165, 1.54) is 5.32 Å². The molecule has 74 valence electrons. The van der Waals surface area contributed by atoms with Gasteiger partial charge in [-0.2, -0.15) is 0 Å². The molecule has 0 saturated heterocycles. The van der Waals surface area contributed by atoms with Gasteiger partial charge in [0.25, 0.3) is 0 Å². The first-order valence-corrected chi connectivity index (χ1v) is 8.64. The quantitative estimate of drug-likeness (QED) is 0.714. The summed E-state index contributed by atoms with van der Waals surface area (Å²) in [6, 6.07) is 8.19. The normalized spacial score (nSPS) is 12.3. The molecule has 0 spiro atoms. The number of halogens is 1. The third kappa shape index (κ3) is 1.60. The van der Waals surface area contributed by atoms with Crippen LogP contribution in [-0.4, -0.2) is 13.1 Å². The molecule has 1 nitrogen and oxygen atoms in total. The summed E-state index contributed by atoms with van der Waals surface area (Å²) in [6.45, 7) is 6.98. The van der Waals surface area contributed by atoms with Crippen LogP contribution in [0.5, 0.6) is 0 Å². The van der Waals surface area contributed by atoms with Gasteiger partial charge in [0, 0.05) is 15.9 Å². The van der Waals surface area contributed by atoms with Crippen molar-refractivity contribution in [3.05, 3.63) is 29.3 Å². The fourth-order valence-electron chi connectivity index (χ4n) is 1.52. The van der Waals surface area contributed by atoms with Gasteiger partial charge in [-0.1, -0.05) is 37.3 Å². The molecule has 0 aliphatic heterocycles. The number of nitrogens with one attached hydrogen (secondary N) is 1. The van der Waals surface area contributed by atoms with Gasteiger partial charge >= 0.3 is 0 Å². The van der Waals surface area contributed by atoms with Crippen LogP contribution < -0.4 is 5.32 Å². The topological polar surface area (TPSA) is 15.8 Å². The van der Waals surface area contributed by atoms with Gasteiger partial charge in [-0.05, 0) is 23.5 Å². The Labute approximate surface area is 90.1 Å². The minimum Gasteiger partial charge on any atom is -0.362 e. The fraction of sp³-hybridized carbons (Fsp3) is 0.273. The molecule has 1 N–H and O–H groups in total. The van der Waals surface area contributed by atoms with Gasteiger partial charge in [0.2, 0.25) is 0 Å². The first-order chi connectivity index (χ1) is 6.48. The zero-order chi connectivity index (χ0) is 10.3. The van der Waals surface area contributed by atoms with Crippen LogP contribution in [0.1, 0.15) is 0 Å². The van der Waals surface area contributed by atoms with Crippen molar-refractivity contribution in [1.82, 2.24) is 4.98 Å². The summed E-state index contributed by atoms with van der Waals surface area (Å²) in [6.07, 6.45) is 0. The van der Waals surface area contributed by atoms with Crippen molar-refractivity contribution in [2.45, 2.75) is 19.6 Å². The number of aromatic amines is 1. The Morgan fingerprint density at radius 1 is 1.21 bits per heavy atom. The third-order valence-electron chi connectivity index (χ3n) is 2.42. The molecule has 1 aromatic heterocycles. The molecule has 0 radical (unpaired) electrons. The highest BCUT2D eigenvalue weighted by atomic mass is 35.5. The molecule has 14 heavy (non-hydrogen) atoms. The molecule has 0 aliphatic rings. The molecular formula is C11H14ClNSi. The summed E-state index contributed by atoms with van der Waals surface area (Å²) in [4.78, 5) is 3.45. The second-order valence-electron chi connectivity index (χ2n) is 4.63. The van der Waals surface area contributed by atoms with E-state index in [2.05, 4.69) is 36.8 Å². The maximum atomic E-state index is 6.12. The fourth-order valence-corrected chi connectivity index (χ4v) is 2.84. The first-order valence-electron chi connectivity index (χ1n) is 4.76. The van der Waals surface area contributed by atoms with Crippen LogP contribution in [0, 0.1) is 0 Å². The predicted octanol–water partition coefficient (Wildman–Crippen LogP) is 3.37. The maximum Gasteiger partial charge on any atom is 0.0982 e. The summed E-state index contributed by atoms with van der Waals surface area (Å²) >= 11 is 6.12. The van der Waals surface area contributed by atoms with Gasteiger partial charge in [0.05, 0.1) is 8.07 Å². The van der Waals surface area contributed by atoms with Gasteiger partial charge in [-0.15, -0.1) is 0 Å². The average molecular weight is 224 g/mol. The van der Waals surface area contributed by atoms with Gasteiger partial charge in [0.1, 0.15) is 0 Å². The Morgan fingerprint density at radius 3 is 2.50 bits per heavy atom. The molecule has 2 aromatic rings. The van der Waals surface area contributed by atoms with E-state index in [0.29, 0.717) is 0 Å². The van der Waals surface area contributed by atoms with E-state index in [1.807, 2.05) is 12.1 Å². The van der Waals surface area contributed by atoms with Crippen molar-refractivity contribution in [2.75, 3.05) is 0 Å². The largest absolute Gasteiger partial charge is 0.362 e. The molecule has 1 aromatic carbocycles. The van der Waals surface area contributed by atoms with Crippen LogP contribution in [0.3, 0.4) is 0 Å². The number of fused-ring (bicyclic) bond motifs is 1. The van der Waals surface area contributed by atoms with Crippen LogP contribution >= 0.6 is 11.6 Å². The molecule has 0 atom stereocenters. The van der Waals surface area contributed by atoms with Gasteiger partial charge in [-0.25, -0.2) is 0 Å². The highest BCUT2D eigenvalue weighted by Gasteiger charge is 2.19. The Morgan fingerprint density at radius 2 is 1.93 bits per heavy atom. The minimum absolute atomic E-state index is 0.836. The van der Waals surface area contributed by atoms with Crippen molar-refractivity contribution < 1.29 is 0 Å². The lowest BCUT2D eigenvalue weighted by Gasteiger charge is -2.12. The van der Waals surface area contributed by atoms with E-state index in [-0.39, 0.29) is 0 Å². The first kappa shape index (κ1) is 9.81. The molecule has 2 rings (SSSR count). The van der Waals surface area contributed by atoms with Crippen LogP contribution in [0.15, 0.2) is 24.3 Å². The van der Waals surface area contributed by atoms with Crippen molar-refractivity contribution in [1.29, 1.82) is 0 Å². The highest BCUT2D eigenvalue weighted by Crippen LogP contribution is 2.22. The SMILES string of the molecule is C[Si](C)(C)c1cc2c(Cl)cccc2[nH]1. The second-order valence-corrected chi connectivity index (χ2v) is 10.1. The number of rotatable bonds is 1. The highest BCUT2D eigenvalue weighted by molar-refractivity contribution is 6.88. The van der Waals surface area contributed by atoms with E-state index in [4.69, 9.17) is 11.6 Å². The van der Waals surface area contributed by atoms with Crippen LogP contribution in [0.4, 0.5) is 0 Å². The van der Waals surface area contributed by atoms with Crippen molar-refractivity contribution in [2.24, 2.45) is 0 Å². The number of H-pyrrole nitrogens is 1. The Balaban J connectivity index is 2.69. The second kappa shape index (κ2) is 3.14. The van der Waals surface area contributed by atoms with Crippen molar-refractivity contribution in [3.63, 3.8) is 0 Å². The summed E-state index contributed by atoms with van der Waals surface area (Å²) in [5.74, 6) is 0. The van der Waals surface area contributed by atoms with Crippen LogP contribution in [-0.2, 0) is 0 Å².